The Bertz CT molecular complexity index is 830. The van der Waals surface area contributed by atoms with Gasteiger partial charge < -0.3 is 0 Å². The molecule has 0 saturated heterocycles. The lowest BCUT2D eigenvalue weighted by atomic mass is 10.1. The van der Waals surface area contributed by atoms with E-state index in [9.17, 15) is 0 Å². The molecule has 0 atom stereocenters. The fourth-order valence-corrected chi connectivity index (χ4v) is 2.41. The van der Waals surface area contributed by atoms with Crippen LogP contribution in [0.1, 0.15) is 0 Å². The van der Waals surface area contributed by atoms with Gasteiger partial charge in [0.25, 0.3) is 0 Å². The van der Waals surface area contributed by atoms with E-state index in [1.54, 1.807) is 0 Å². The monoisotopic (exact) mass is 230 g/mol. The van der Waals surface area contributed by atoms with Gasteiger partial charge in [0, 0.05) is 22.5 Å². The Morgan fingerprint density at radius 3 is 2.72 bits per heavy atom. The summed E-state index contributed by atoms with van der Waals surface area (Å²) in [5.74, 6) is 0. The predicted octanol–water partition coefficient (Wildman–Crippen LogP) is 3.89. The number of hydrogen-bond donors (Lipinski definition) is 0. The molecule has 2 heterocycles. The highest BCUT2D eigenvalue weighted by Crippen LogP contribution is 2.31. The van der Waals surface area contributed by atoms with Crippen LogP contribution in [0, 0.1) is 0 Å². The molecule has 1 aromatic carbocycles. The fourth-order valence-electron chi connectivity index (χ4n) is 2.41. The lowest BCUT2D eigenvalue weighted by molar-refractivity contribution is 1.42. The normalized spacial score (nSPS) is 11.3. The SMILES string of the molecule is c1cnc2ccc3c4ccccc4nc-3cc2c1. The van der Waals surface area contributed by atoms with Gasteiger partial charge in [-0.15, -0.1) is 0 Å². The third-order valence-corrected chi connectivity index (χ3v) is 3.28. The van der Waals surface area contributed by atoms with Crippen LogP contribution in [-0.4, -0.2) is 9.97 Å². The number of hydrogen-bond acceptors (Lipinski definition) is 2. The maximum atomic E-state index is 4.68. The molecule has 2 nitrogen and oxygen atoms in total. The van der Waals surface area contributed by atoms with Gasteiger partial charge >= 0.3 is 0 Å². The van der Waals surface area contributed by atoms with Crippen molar-refractivity contribution in [3.05, 3.63) is 60.8 Å². The third kappa shape index (κ3) is 1.29. The molecule has 1 aliphatic carbocycles. The Morgan fingerprint density at radius 1 is 0.778 bits per heavy atom. The van der Waals surface area contributed by atoms with Crippen molar-refractivity contribution in [1.29, 1.82) is 0 Å². The molecule has 4 rings (SSSR count). The van der Waals surface area contributed by atoms with Crippen LogP contribution in [-0.2, 0) is 0 Å². The first kappa shape index (κ1) is 9.54. The molecule has 0 spiro atoms. The smallest absolute Gasteiger partial charge is 0.0723 e. The van der Waals surface area contributed by atoms with Gasteiger partial charge in [-0.2, -0.15) is 0 Å². The molecule has 0 N–H and O–H groups in total. The minimum atomic E-state index is 1.000. The largest absolute Gasteiger partial charge is 0.256 e. The highest BCUT2D eigenvalue weighted by molar-refractivity contribution is 5.99. The first-order valence-electron chi connectivity index (χ1n) is 5.95. The molecule has 0 saturated carbocycles. The number of para-hydroxylation sites is 1. The van der Waals surface area contributed by atoms with E-state index in [2.05, 4.69) is 52.4 Å². The summed E-state index contributed by atoms with van der Waals surface area (Å²) in [5, 5.41) is 2.32. The van der Waals surface area contributed by atoms with Gasteiger partial charge in [0.05, 0.1) is 16.7 Å². The van der Waals surface area contributed by atoms with E-state index < -0.39 is 0 Å². The quantitative estimate of drug-likeness (QED) is 0.458. The van der Waals surface area contributed by atoms with Crippen LogP contribution >= 0.6 is 0 Å². The molecule has 0 unspecified atom stereocenters. The van der Waals surface area contributed by atoms with Crippen LogP contribution < -0.4 is 0 Å². The molecule has 0 radical (unpaired) electrons. The molecule has 1 aromatic heterocycles. The van der Waals surface area contributed by atoms with Gasteiger partial charge in [0.2, 0.25) is 0 Å². The van der Waals surface area contributed by atoms with Crippen LogP contribution in [0.5, 0.6) is 0 Å². The molecule has 0 bridgehead atoms. The van der Waals surface area contributed by atoms with Crippen LogP contribution in [0.25, 0.3) is 33.1 Å². The van der Waals surface area contributed by atoms with E-state index in [-0.39, 0.29) is 0 Å². The molecular weight excluding hydrogens is 220 g/mol. The zero-order chi connectivity index (χ0) is 11.9. The lowest BCUT2D eigenvalue weighted by Crippen LogP contribution is -1.72. The minimum absolute atomic E-state index is 1.000. The summed E-state index contributed by atoms with van der Waals surface area (Å²) in [6.45, 7) is 0. The van der Waals surface area contributed by atoms with E-state index in [1.165, 1.54) is 10.9 Å². The average molecular weight is 230 g/mol. The van der Waals surface area contributed by atoms with Crippen LogP contribution in [0.4, 0.5) is 0 Å². The summed E-state index contributed by atoms with van der Waals surface area (Å²) in [5.41, 5.74) is 4.26. The number of fused-ring (bicyclic) bond motifs is 4. The van der Waals surface area contributed by atoms with Gasteiger partial charge in [0.1, 0.15) is 0 Å². The first-order chi connectivity index (χ1) is 8.92. The van der Waals surface area contributed by atoms with Gasteiger partial charge in [-0.25, -0.2) is 4.98 Å². The Morgan fingerprint density at radius 2 is 1.72 bits per heavy atom. The van der Waals surface area contributed by atoms with Gasteiger partial charge in [-0.3, -0.25) is 4.98 Å². The van der Waals surface area contributed by atoms with Crippen molar-refractivity contribution in [2.75, 3.05) is 0 Å². The highest BCUT2D eigenvalue weighted by atomic mass is 14.7. The maximum absolute atomic E-state index is 4.68. The van der Waals surface area contributed by atoms with Crippen molar-refractivity contribution in [2.24, 2.45) is 0 Å². The Balaban J connectivity index is 2.20. The number of aromatic nitrogens is 2. The summed E-state index contributed by atoms with van der Waals surface area (Å²) in [4.78, 5) is 9.05. The fraction of sp³-hybridized carbons (Fsp3) is 0. The first-order valence-corrected chi connectivity index (χ1v) is 5.95. The van der Waals surface area contributed by atoms with E-state index >= 15 is 0 Å². The van der Waals surface area contributed by atoms with Crippen LogP contribution in [0.3, 0.4) is 0 Å². The number of benzene rings is 1. The van der Waals surface area contributed by atoms with Crippen LogP contribution in [0.2, 0.25) is 0 Å². The second-order valence-corrected chi connectivity index (χ2v) is 4.38. The zero-order valence-electron chi connectivity index (χ0n) is 9.67. The van der Waals surface area contributed by atoms with E-state index in [0.29, 0.717) is 0 Å². The van der Waals surface area contributed by atoms with Crippen molar-refractivity contribution in [3.63, 3.8) is 0 Å². The Hall–Kier alpha value is -2.48. The second kappa shape index (κ2) is 3.50. The highest BCUT2D eigenvalue weighted by Gasteiger charge is 2.10. The average Bonchev–Trinajstić information content (AvgIpc) is 2.65. The topological polar surface area (TPSA) is 25.8 Å². The second-order valence-electron chi connectivity index (χ2n) is 4.38. The van der Waals surface area contributed by atoms with Crippen molar-refractivity contribution < 1.29 is 0 Å². The predicted molar refractivity (Wildman–Crippen MR) is 73.7 cm³/mol. The van der Waals surface area contributed by atoms with Crippen molar-refractivity contribution in [3.8, 4) is 11.3 Å². The minimum Gasteiger partial charge on any atom is -0.256 e. The molecule has 84 valence electrons. The Kier molecular flexibility index (Phi) is 1.86. The molecule has 0 fully saturated rings. The zero-order valence-corrected chi connectivity index (χ0v) is 9.67. The molecule has 2 aromatic rings. The third-order valence-electron chi connectivity index (χ3n) is 3.28. The molecule has 0 amide bonds. The number of pyridine rings is 1. The van der Waals surface area contributed by atoms with Gasteiger partial charge in [-0.05, 0) is 30.3 Å². The van der Waals surface area contributed by atoms with Gasteiger partial charge in [-0.1, -0.05) is 24.3 Å². The summed E-state index contributed by atoms with van der Waals surface area (Å²) in [6, 6.07) is 18.5. The van der Waals surface area contributed by atoms with Crippen molar-refractivity contribution in [2.45, 2.75) is 0 Å². The molecule has 1 aliphatic heterocycles. The van der Waals surface area contributed by atoms with E-state index in [4.69, 9.17) is 0 Å². The summed E-state index contributed by atoms with van der Waals surface area (Å²) < 4.78 is 0. The molecule has 2 aliphatic rings. The molecule has 18 heavy (non-hydrogen) atoms. The standard InChI is InChI=1S/C16H10N2/c1-2-6-15-12(5-1)13-7-8-14-11(4-3-9-17-14)10-16(13)18-15/h1-10H. The van der Waals surface area contributed by atoms with E-state index in [1.807, 2.05) is 18.3 Å². The summed E-state index contributed by atoms with van der Waals surface area (Å²) >= 11 is 0. The van der Waals surface area contributed by atoms with Gasteiger partial charge in [0.15, 0.2) is 0 Å². The number of nitrogens with zero attached hydrogens (tertiary/aromatic N) is 2. The van der Waals surface area contributed by atoms with Crippen molar-refractivity contribution >= 4 is 21.8 Å². The summed E-state index contributed by atoms with van der Waals surface area (Å²) in [7, 11) is 0. The Labute approximate surface area is 104 Å². The number of rotatable bonds is 0. The summed E-state index contributed by atoms with van der Waals surface area (Å²) in [6.07, 6.45) is 1.82. The maximum Gasteiger partial charge on any atom is 0.0723 e. The van der Waals surface area contributed by atoms with Crippen LogP contribution in [0.15, 0.2) is 60.8 Å². The molecule has 2 heteroatoms. The molecular formula is C16H10N2. The lowest BCUT2D eigenvalue weighted by Gasteiger charge is -1.90. The van der Waals surface area contributed by atoms with Crippen molar-refractivity contribution in [1.82, 2.24) is 9.97 Å². The van der Waals surface area contributed by atoms with E-state index in [0.717, 1.165) is 22.1 Å².